The number of ketones is 1. The van der Waals surface area contributed by atoms with Crippen LogP contribution in [0.15, 0.2) is 53.4 Å². The Kier molecular flexibility index (Phi) is 4.85. The van der Waals surface area contributed by atoms with Crippen molar-refractivity contribution in [2.75, 3.05) is 7.11 Å². The van der Waals surface area contributed by atoms with Gasteiger partial charge in [-0.05, 0) is 49.4 Å². The van der Waals surface area contributed by atoms with Gasteiger partial charge in [-0.2, -0.15) is 0 Å². The van der Waals surface area contributed by atoms with E-state index in [9.17, 15) is 13.4 Å². The maximum atomic E-state index is 13.2. The standard InChI is InChI=1S/C16H15FO3S/c1-11(21(19)15-5-3-4-13(17)10-15)16(18)12-6-8-14(20-2)9-7-12/h3-11H,1-2H3. The van der Waals surface area contributed by atoms with Crippen molar-refractivity contribution in [3.05, 3.63) is 59.9 Å². The molecule has 0 aliphatic rings. The Bertz CT molecular complexity index is 667. The van der Waals surface area contributed by atoms with Crippen LogP contribution < -0.4 is 4.74 Å². The number of hydrogen-bond acceptors (Lipinski definition) is 3. The number of methoxy groups -OCH3 is 1. The molecule has 110 valence electrons. The summed E-state index contributed by atoms with van der Waals surface area (Å²) in [5.74, 6) is -0.0735. The van der Waals surface area contributed by atoms with Crippen LogP contribution >= 0.6 is 0 Å². The SMILES string of the molecule is COc1ccc(C(=O)C(C)S(=O)c2cccc(F)c2)cc1. The molecule has 0 aliphatic carbocycles. The Balaban J connectivity index is 2.20. The number of benzene rings is 2. The average Bonchev–Trinajstić information content (AvgIpc) is 2.53. The van der Waals surface area contributed by atoms with Crippen LogP contribution in [-0.2, 0) is 10.8 Å². The van der Waals surface area contributed by atoms with Crippen LogP contribution in [0.2, 0.25) is 0 Å². The predicted molar refractivity (Wildman–Crippen MR) is 79.6 cm³/mol. The molecule has 21 heavy (non-hydrogen) atoms. The number of Topliss-reactive ketones (excluding diaryl/α,β-unsaturated/α-hetero) is 1. The Labute approximate surface area is 125 Å². The normalized spacial score (nSPS) is 13.5. The van der Waals surface area contributed by atoms with Gasteiger partial charge in [0.25, 0.3) is 0 Å². The summed E-state index contributed by atoms with van der Waals surface area (Å²) in [6.45, 7) is 1.58. The minimum atomic E-state index is -1.60. The molecule has 2 aromatic carbocycles. The van der Waals surface area contributed by atoms with Crippen LogP contribution in [0, 0.1) is 5.82 Å². The highest BCUT2D eigenvalue weighted by molar-refractivity contribution is 7.86. The lowest BCUT2D eigenvalue weighted by molar-refractivity contribution is 0.0992. The second-order valence-electron chi connectivity index (χ2n) is 4.49. The summed E-state index contributed by atoms with van der Waals surface area (Å²) in [5.41, 5.74) is 0.452. The van der Waals surface area contributed by atoms with Crippen molar-refractivity contribution in [2.45, 2.75) is 17.1 Å². The molecule has 0 saturated heterocycles. The number of halogens is 1. The zero-order chi connectivity index (χ0) is 15.4. The third-order valence-electron chi connectivity index (χ3n) is 3.09. The second-order valence-corrected chi connectivity index (χ2v) is 6.26. The molecule has 2 unspecified atom stereocenters. The van der Waals surface area contributed by atoms with Crippen molar-refractivity contribution >= 4 is 16.6 Å². The molecule has 0 amide bonds. The minimum absolute atomic E-state index is 0.250. The lowest BCUT2D eigenvalue weighted by Gasteiger charge is -2.11. The van der Waals surface area contributed by atoms with Crippen molar-refractivity contribution < 1.29 is 18.1 Å². The highest BCUT2D eigenvalue weighted by Crippen LogP contribution is 2.18. The van der Waals surface area contributed by atoms with Crippen LogP contribution in [-0.4, -0.2) is 22.4 Å². The third-order valence-corrected chi connectivity index (χ3v) is 4.67. The number of rotatable bonds is 5. The van der Waals surface area contributed by atoms with E-state index in [1.54, 1.807) is 44.4 Å². The molecule has 0 N–H and O–H groups in total. The summed E-state index contributed by atoms with van der Waals surface area (Å²) < 4.78 is 30.5. The fourth-order valence-electron chi connectivity index (χ4n) is 1.88. The molecule has 2 aromatic rings. The number of hydrogen-bond donors (Lipinski definition) is 0. The summed E-state index contributed by atoms with van der Waals surface area (Å²) in [7, 11) is -0.0568. The van der Waals surface area contributed by atoms with Gasteiger partial charge in [-0.3, -0.25) is 9.00 Å². The van der Waals surface area contributed by atoms with E-state index in [0.717, 1.165) is 0 Å². The smallest absolute Gasteiger partial charge is 0.178 e. The Morgan fingerprint density at radius 1 is 1.19 bits per heavy atom. The van der Waals surface area contributed by atoms with Gasteiger partial charge in [0.15, 0.2) is 5.78 Å². The average molecular weight is 306 g/mol. The van der Waals surface area contributed by atoms with Crippen LogP contribution in [0.25, 0.3) is 0 Å². The quantitative estimate of drug-likeness (QED) is 0.797. The first-order chi connectivity index (χ1) is 10.0. The molecule has 2 rings (SSSR count). The highest BCUT2D eigenvalue weighted by atomic mass is 32.2. The Morgan fingerprint density at radius 3 is 2.43 bits per heavy atom. The zero-order valence-corrected chi connectivity index (χ0v) is 12.5. The van der Waals surface area contributed by atoms with Gasteiger partial charge in [0, 0.05) is 10.5 Å². The molecule has 0 radical (unpaired) electrons. The van der Waals surface area contributed by atoms with Crippen LogP contribution in [0.5, 0.6) is 5.75 Å². The van der Waals surface area contributed by atoms with Gasteiger partial charge in [0.05, 0.1) is 23.2 Å². The van der Waals surface area contributed by atoms with Crippen LogP contribution in [0.3, 0.4) is 0 Å². The van der Waals surface area contributed by atoms with Gasteiger partial charge < -0.3 is 4.74 Å². The van der Waals surface area contributed by atoms with Gasteiger partial charge in [-0.15, -0.1) is 0 Å². The van der Waals surface area contributed by atoms with E-state index in [1.165, 1.54) is 18.2 Å². The molecule has 0 aliphatic heterocycles. The summed E-state index contributed by atoms with van der Waals surface area (Å²) >= 11 is 0. The molecule has 0 bridgehead atoms. The zero-order valence-electron chi connectivity index (χ0n) is 11.7. The van der Waals surface area contributed by atoms with Crippen molar-refractivity contribution in [3.63, 3.8) is 0 Å². The van der Waals surface area contributed by atoms with E-state index in [4.69, 9.17) is 4.74 Å². The molecular formula is C16H15FO3S. The third kappa shape index (κ3) is 3.55. The number of ether oxygens (including phenoxy) is 1. The van der Waals surface area contributed by atoms with Crippen LogP contribution in [0.1, 0.15) is 17.3 Å². The maximum absolute atomic E-state index is 13.2. The first-order valence-corrected chi connectivity index (χ1v) is 7.58. The molecule has 0 fully saturated rings. The molecule has 5 heteroatoms. The molecule has 0 spiro atoms. The van der Waals surface area contributed by atoms with E-state index in [2.05, 4.69) is 0 Å². The predicted octanol–water partition coefficient (Wildman–Crippen LogP) is 3.21. The maximum Gasteiger partial charge on any atom is 0.178 e. The van der Waals surface area contributed by atoms with E-state index in [0.29, 0.717) is 16.2 Å². The molecule has 3 nitrogen and oxygen atoms in total. The van der Waals surface area contributed by atoms with Crippen molar-refractivity contribution in [1.82, 2.24) is 0 Å². The summed E-state index contributed by atoms with van der Waals surface area (Å²) in [6.07, 6.45) is 0. The van der Waals surface area contributed by atoms with Gasteiger partial charge in [0.1, 0.15) is 11.6 Å². The van der Waals surface area contributed by atoms with E-state index in [-0.39, 0.29) is 5.78 Å². The van der Waals surface area contributed by atoms with Crippen LogP contribution in [0.4, 0.5) is 4.39 Å². The van der Waals surface area contributed by atoms with Crippen molar-refractivity contribution in [2.24, 2.45) is 0 Å². The molecule has 2 atom stereocenters. The topological polar surface area (TPSA) is 43.4 Å². The number of carbonyl (C=O) groups is 1. The molecule has 0 heterocycles. The van der Waals surface area contributed by atoms with Crippen molar-refractivity contribution in [3.8, 4) is 5.75 Å². The Morgan fingerprint density at radius 2 is 1.86 bits per heavy atom. The summed E-state index contributed by atoms with van der Waals surface area (Å²) in [4.78, 5) is 12.6. The molecular weight excluding hydrogens is 291 g/mol. The fourth-order valence-corrected chi connectivity index (χ4v) is 3.06. The van der Waals surface area contributed by atoms with Gasteiger partial charge in [-0.1, -0.05) is 6.07 Å². The lowest BCUT2D eigenvalue weighted by atomic mass is 10.1. The van der Waals surface area contributed by atoms with E-state index >= 15 is 0 Å². The second kappa shape index (κ2) is 6.63. The number of carbonyl (C=O) groups excluding carboxylic acids is 1. The minimum Gasteiger partial charge on any atom is -0.497 e. The monoisotopic (exact) mass is 306 g/mol. The van der Waals surface area contributed by atoms with E-state index in [1.807, 2.05) is 0 Å². The van der Waals surface area contributed by atoms with Gasteiger partial charge in [0.2, 0.25) is 0 Å². The largest absolute Gasteiger partial charge is 0.497 e. The highest BCUT2D eigenvalue weighted by Gasteiger charge is 2.23. The Hall–Kier alpha value is -2.01. The summed E-state index contributed by atoms with van der Waals surface area (Å²) in [5, 5.41) is -0.750. The van der Waals surface area contributed by atoms with E-state index < -0.39 is 21.9 Å². The van der Waals surface area contributed by atoms with Crippen molar-refractivity contribution in [1.29, 1.82) is 0 Å². The summed E-state index contributed by atoms with van der Waals surface area (Å²) in [6, 6.07) is 12.1. The van der Waals surface area contributed by atoms with Gasteiger partial charge >= 0.3 is 0 Å². The molecule has 0 aromatic heterocycles. The first-order valence-electron chi connectivity index (χ1n) is 6.37. The lowest BCUT2D eigenvalue weighted by Crippen LogP contribution is -2.22. The fraction of sp³-hybridized carbons (Fsp3) is 0.188. The van der Waals surface area contributed by atoms with Gasteiger partial charge in [-0.25, -0.2) is 4.39 Å². The molecule has 0 saturated carbocycles. The first kappa shape index (κ1) is 15.4.